The number of aromatic nitrogens is 2. The Bertz CT molecular complexity index is 1070. The Labute approximate surface area is 218 Å². The number of benzene rings is 1. The molecule has 13 nitrogen and oxygen atoms in total. The summed E-state index contributed by atoms with van der Waals surface area (Å²) in [7, 11) is 0. The molecule has 37 heavy (non-hydrogen) atoms. The first kappa shape index (κ1) is 29.3. The number of carbonyl (C=O) groups excluding carboxylic acids is 4. The number of aromatic amines is 1. The summed E-state index contributed by atoms with van der Waals surface area (Å²) in [4.78, 5) is 68.1. The van der Waals surface area contributed by atoms with Crippen molar-refractivity contribution in [3.63, 3.8) is 0 Å². The van der Waals surface area contributed by atoms with Gasteiger partial charge in [0.1, 0.15) is 18.1 Å². The maximum atomic E-state index is 13.2. The van der Waals surface area contributed by atoms with E-state index in [0.29, 0.717) is 5.69 Å². The Morgan fingerprint density at radius 1 is 0.946 bits per heavy atom. The number of H-pyrrole nitrogens is 1. The number of primary amides is 1. The average Bonchev–Trinajstić information content (AvgIpc) is 3.37. The van der Waals surface area contributed by atoms with Crippen LogP contribution in [-0.4, -0.2) is 74.6 Å². The highest BCUT2D eigenvalue weighted by Gasteiger charge is 2.30. The predicted octanol–water partition coefficient (Wildman–Crippen LogP) is -1.74. The summed E-state index contributed by atoms with van der Waals surface area (Å²) in [5, 5.41) is 16.5. The number of nitrogens with one attached hydrogen (secondary N) is 4. The first-order chi connectivity index (χ1) is 17.6. The lowest BCUT2D eigenvalue weighted by molar-refractivity contribution is -0.141. The lowest BCUT2D eigenvalue weighted by Crippen LogP contribution is -2.58. The zero-order chi connectivity index (χ0) is 27.4. The van der Waals surface area contributed by atoms with Crippen molar-refractivity contribution >= 4 is 42.2 Å². The minimum absolute atomic E-state index is 0.00577. The molecule has 4 amide bonds. The number of hydrogen-bond acceptors (Lipinski definition) is 8. The van der Waals surface area contributed by atoms with Crippen molar-refractivity contribution in [1.82, 2.24) is 25.9 Å². The van der Waals surface area contributed by atoms with E-state index in [-0.39, 0.29) is 31.4 Å². The molecule has 2 rings (SSSR count). The molecule has 0 radical (unpaired) electrons. The zero-order valence-corrected chi connectivity index (χ0v) is 20.8. The number of carboxylic acids is 1. The average molecular weight is 534 g/mol. The van der Waals surface area contributed by atoms with Crippen molar-refractivity contribution in [2.24, 2.45) is 11.5 Å². The van der Waals surface area contributed by atoms with Crippen LogP contribution in [0, 0.1) is 0 Å². The standard InChI is InChI=1S/C23H31N7O6S/c24-15(8-13-4-2-1-3-5-13)20(32)29-17(9-14-10-26-12-27-14)22(34)28-16(6-7-19(25)31)21(33)30-18(11-37)23(35)36/h1-5,10,12,15-18,37H,6-9,11,24H2,(H2,25,31)(H,26,27)(H,28,34)(H,29,32)(H,30,33)(H,35,36). The van der Waals surface area contributed by atoms with E-state index in [9.17, 15) is 29.1 Å². The molecule has 0 saturated carbocycles. The number of amides is 4. The number of thiol groups is 1. The van der Waals surface area contributed by atoms with Gasteiger partial charge in [-0.2, -0.15) is 12.6 Å². The smallest absolute Gasteiger partial charge is 0.327 e. The topological polar surface area (TPSA) is 222 Å². The summed E-state index contributed by atoms with van der Waals surface area (Å²) in [5.41, 5.74) is 12.6. The van der Waals surface area contributed by atoms with Crippen LogP contribution in [0.5, 0.6) is 0 Å². The van der Waals surface area contributed by atoms with Gasteiger partial charge in [0, 0.05) is 30.5 Å². The molecule has 0 aliphatic heterocycles. The minimum atomic E-state index is -1.32. The molecule has 9 N–H and O–H groups in total. The van der Waals surface area contributed by atoms with E-state index in [1.54, 1.807) is 0 Å². The molecular weight excluding hydrogens is 502 g/mol. The van der Waals surface area contributed by atoms with E-state index in [0.717, 1.165) is 5.56 Å². The molecule has 4 unspecified atom stereocenters. The van der Waals surface area contributed by atoms with Crippen LogP contribution in [0.3, 0.4) is 0 Å². The van der Waals surface area contributed by atoms with Gasteiger partial charge in [-0.3, -0.25) is 19.2 Å². The second kappa shape index (κ2) is 14.6. The van der Waals surface area contributed by atoms with E-state index in [1.165, 1.54) is 12.5 Å². The molecule has 1 heterocycles. The maximum Gasteiger partial charge on any atom is 0.327 e. The maximum absolute atomic E-state index is 13.2. The quantitative estimate of drug-likeness (QED) is 0.122. The number of carboxylic acid groups (broad SMARTS) is 1. The molecule has 0 fully saturated rings. The fourth-order valence-corrected chi connectivity index (χ4v) is 3.60. The fourth-order valence-electron chi connectivity index (χ4n) is 3.35. The van der Waals surface area contributed by atoms with Crippen molar-refractivity contribution in [2.75, 3.05) is 5.75 Å². The molecule has 2 aromatic rings. The third-order valence-electron chi connectivity index (χ3n) is 5.36. The number of nitrogens with zero attached hydrogens (tertiary/aromatic N) is 1. The van der Waals surface area contributed by atoms with Gasteiger partial charge in [-0.1, -0.05) is 30.3 Å². The van der Waals surface area contributed by atoms with Gasteiger partial charge in [0.25, 0.3) is 0 Å². The van der Waals surface area contributed by atoms with E-state index in [1.807, 2.05) is 30.3 Å². The molecule has 200 valence electrons. The number of carbonyl (C=O) groups is 5. The van der Waals surface area contributed by atoms with Crippen LogP contribution in [-0.2, 0) is 36.8 Å². The van der Waals surface area contributed by atoms with Gasteiger partial charge in [-0.15, -0.1) is 0 Å². The highest BCUT2D eigenvalue weighted by Crippen LogP contribution is 2.06. The number of nitrogens with two attached hydrogens (primary N) is 2. The van der Waals surface area contributed by atoms with E-state index < -0.39 is 53.8 Å². The second-order valence-corrected chi connectivity index (χ2v) is 8.65. The third-order valence-corrected chi connectivity index (χ3v) is 5.72. The summed E-state index contributed by atoms with van der Waals surface area (Å²) in [5.74, 6) is -4.43. The van der Waals surface area contributed by atoms with Crippen molar-refractivity contribution in [1.29, 1.82) is 0 Å². The van der Waals surface area contributed by atoms with Gasteiger partial charge in [-0.25, -0.2) is 9.78 Å². The Balaban J connectivity index is 2.17. The predicted molar refractivity (Wildman–Crippen MR) is 136 cm³/mol. The normalized spacial score (nSPS) is 14.0. The van der Waals surface area contributed by atoms with Crippen LogP contribution < -0.4 is 27.4 Å². The molecule has 14 heteroatoms. The number of rotatable bonds is 15. The summed E-state index contributed by atoms with van der Waals surface area (Å²) in [6.45, 7) is 0. The molecule has 0 saturated heterocycles. The van der Waals surface area contributed by atoms with Gasteiger partial charge >= 0.3 is 5.97 Å². The van der Waals surface area contributed by atoms with Crippen LogP contribution in [0.4, 0.5) is 0 Å². The van der Waals surface area contributed by atoms with Gasteiger partial charge in [0.15, 0.2) is 0 Å². The SMILES string of the molecule is NC(=O)CCC(NC(=O)C(Cc1cnc[nH]1)NC(=O)C(N)Cc1ccccc1)C(=O)NC(CS)C(=O)O. The van der Waals surface area contributed by atoms with Gasteiger partial charge in [0.05, 0.1) is 12.4 Å². The molecular formula is C23H31N7O6S. The van der Waals surface area contributed by atoms with Gasteiger partial charge in [0.2, 0.25) is 23.6 Å². The molecule has 0 aliphatic rings. The number of aliphatic carboxylic acids is 1. The lowest BCUT2D eigenvalue weighted by Gasteiger charge is -2.24. The van der Waals surface area contributed by atoms with E-state index in [2.05, 4.69) is 38.5 Å². The molecule has 0 bridgehead atoms. The monoisotopic (exact) mass is 533 g/mol. The van der Waals surface area contributed by atoms with E-state index in [4.69, 9.17) is 11.5 Å². The first-order valence-electron chi connectivity index (χ1n) is 11.4. The van der Waals surface area contributed by atoms with Crippen LogP contribution in [0.1, 0.15) is 24.1 Å². The van der Waals surface area contributed by atoms with Crippen molar-refractivity contribution in [3.05, 3.63) is 54.1 Å². The highest BCUT2D eigenvalue weighted by molar-refractivity contribution is 7.80. The highest BCUT2D eigenvalue weighted by atomic mass is 32.1. The Morgan fingerprint density at radius 3 is 2.14 bits per heavy atom. The van der Waals surface area contributed by atoms with Crippen LogP contribution in [0.2, 0.25) is 0 Å². The van der Waals surface area contributed by atoms with Gasteiger partial charge < -0.3 is 37.5 Å². The summed E-state index contributed by atoms with van der Waals surface area (Å²) >= 11 is 3.90. The van der Waals surface area contributed by atoms with Crippen LogP contribution in [0.15, 0.2) is 42.9 Å². The molecule has 0 aliphatic carbocycles. The Kier molecular flexibility index (Phi) is 11.6. The second-order valence-electron chi connectivity index (χ2n) is 8.29. The van der Waals surface area contributed by atoms with Crippen LogP contribution >= 0.6 is 12.6 Å². The summed E-state index contributed by atoms with van der Waals surface area (Å²) in [6, 6.07) is 4.35. The zero-order valence-electron chi connectivity index (χ0n) is 19.9. The molecule has 1 aromatic heterocycles. The summed E-state index contributed by atoms with van der Waals surface area (Å²) < 4.78 is 0. The Morgan fingerprint density at radius 2 is 1.57 bits per heavy atom. The van der Waals surface area contributed by atoms with Crippen molar-refractivity contribution < 1.29 is 29.1 Å². The Hall–Kier alpha value is -3.91. The largest absolute Gasteiger partial charge is 0.480 e. The lowest BCUT2D eigenvalue weighted by atomic mass is 10.0. The molecule has 4 atom stereocenters. The molecule has 1 aromatic carbocycles. The van der Waals surface area contributed by atoms with Crippen LogP contribution in [0.25, 0.3) is 0 Å². The number of hydrogen-bond donors (Lipinski definition) is 8. The molecule has 0 spiro atoms. The fraction of sp³-hybridized carbons (Fsp3) is 0.391. The van der Waals surface area contributed by atoms with Crippen molar-refractivity contribution in [3.8, 4) is 0 Å². The summed E-state index contributed by atoms with van der Waals surface area (Å²) in [6.07, 6.45) is 2.65. The van der Waals surface area contributed by atoms with Crippen molar-refractivity contribution in [2.45, 2.75) is 49.9 Å². The van der Waals surface area contributed by atoms with Gasteiger partial charge in [-0.05, 0) is 18.4 Å². The first-order valence-corrected chi connectivity index (χ1v) is 12.0. The number of imidazole rings is 1. The minimum Gasteiger partial charge on any atom is -0.480 e. The van der Waals surface area contributed by atoms with E-state index >= 15 is 0 Å². The third kappa shape index (κ3) is 9.93.